The molecular formula is C16H18ClNO3. The van der Waals surface area contributed by atoms with Crippen LogP contribution in [0.4, 0.5) is 0 Å². The standard InChI is InChI=1S/C16H18ClNO3/c1-21-16(20)12(17)8-18-15(19)14-11-7-6-9-4-2-3-5-10(9)13(11)14/h2-5,11-14H,6-8H2,1H3,(H,18,19). The van der Waals surface area contributed by atoms with Crippen LogP contribution in [-0.4, -0.2) is 30.9 Å². The first-order valence-corrected chi connectivity index (χ1v) is 7.64. The zero-order valence-electron chi connectivity index (χ0n) is 11.8. The molecule has 1 fully saturated rings. The van der Waals surface area contributed by atoms with E-state index in [-0.39, 0.29) is 18.4 Å². The van der Waals surface area contributed by atoms with Crippen molar-refractivity contribution in [3.05, 3.63) is 35.4 Å². The molecule has 112 valence electrons. The number of hydrogen-bond donors (Lipinski definition) is 1. The molecule has 2 aliphatic rings. The van der Waals surface area contributed by atoms with Gasteiger partial charge in [0, 0.05) is 12.5 Å². The van der Waals surface area contributed by atoms with Crippen LogP contribution >= 0.6 is 11.6 Å². The lowest BCUT2D eigenvalue weighted by Crippen LogP contribution is -2.35. The Labute approximate surface area is 128 Å². The molecule has 4 atom stereocenters. The van der Waals surface area contributed by atoms with Gasteiger partial charge in [-0.2, -0.15) is 0 Å². The van der Waals surface area contributed by atoms with E-state index in [0.29, 0.717) is 11.8 Å². The van der Waals surface area contributed by atoms with E-state index in [2.05, 4.69) is 22.2 Å². The zero-order valence-corrected chi connectivity index (χ0v) is 12.6. The summed E-state index contributed by atoms with van der Waals surface area (Å²) < 4.78 is 4.54. The maximum Gasteiger partial charge on any atom is 0.325 e. The number of alkyl halides is 1. The number of methoxy groups -OCH3 is 1. The highest BCUT2D eigenvalue weighted by atomic mass is 35.5. The average molecular weight is 308 g/mol. The molecule has 5 heteroatoms. The van der Waals surface area contributed by atoms with Gasteiger partial charge in [-0.1, -0.05) is 24.3 Å². The fourth-order valence-corrected chi connectivity index (χ4v) is 3.61. The summed E-state index contributed by atoms with van der Waals surface area (Å²) in [7, 11) is 1.28. The molecule has 21 heavy (non-hydrogen) atoms. The van der Waals surface area contributed by atoms with Crippen molar-refractivity contribution < 1.29 is 14.3 Å². The van der Waals surface area contributed by atoms with E-state index in [4.69, 9.17) is 11.6 Å². The molecule has 0 spiro atoms. The van der Waals surface area contributed by atoms with Gasteiger partial charge in [0.1, 0.15) is 5.38 Å². The van der Waals surface area contributed by atoms with E-state index in [0.717, 1.165) is 12.8 Å². The predicted molar refractivity (Wildman–Crippen MR) is 79.2 cm³/mol. The molecule has 1 aromatic rings. The Morgan fingerprint density at radius 3 is 2.95 bits per heavy atom. The first-order valence-electron chi connectivity index (χ1n) is 7.21. The number of hydrogen-bond acceptors (Lipinski definition) is 3. The number of amides is 1. The first kappa shape index (κ1) is 14.4. The Balaban J connectivity index is 1.60. The predicted octanol–water partition coefficient (Wildman–Crippen LogP) is 1.86. The number of rotatable bonds is 4. The number of carbonyl (C=O) groups excluding carboxylic acids is 2. The van der Waals surface area contributed by atoms with E-state index < -0.39 is 11.3 Å². The minimum absolute atomic E-state index is 0.00347. The van der Waals surface area contributed by atoms with Gasteiger partial charge in [0.05, 0.1) is 7.11 Å². The second-order valence-corrected chi connectivity index (χ2v) is 6.22. The van der Waals surface area contributed by atoms with Gasteiger partial charge in [0.15, 0.2) is 0 Å². The van der Waals surface area contributed by atoms with Crippen LogP contribution in [0.3, 0.4) is 0 Å². The van der Waals surface area contributed by atoms with Crippen molar-refractivity contribution in [2.45, 2.75) is 24.1 Å². The number of ether oxygens (including phenoxy) is 1. The van der Waals surface area contributed by atoms with Crippen LogP contribution in [0.2, 0.25) is 0 Å². The fourth-order valence-electron chi connectivity index (χ4n) is 3.44. The van der Waals surface area contributed by atoms with Crippen LogP contribution in [0.15, 0.2) is 24.3 Å². The summed E-state index contributed by atoms with van der Waals surface area (Å²) in [4.78, 5) is 23.5. The molecule has 2 aliphatic carbocycles. The van der Waals surface area contributed by atoms with Gasteiger partial charge < -0.3 is 10.1 Å². The average Bonchev–Trinajstić information content (AvgIpc) is 3.26. The molecule has 1 saturated carbocycles. The number of aryl methyl sites for hydroxylation is 1. The molecule has 1 amide bonds. The Morgan fingerprint density at radius 1 is 1.43 bits per heavy atom. The topological polar surface area (TPSA) is 55.4 Å². The summed E-state index contributed by atoms with van der Waals surface area (Å²) in [6, 6.07) is 8.34. The van der Waals surface area contributed by atoms with Crippen molar-refractivity contribution in [2.24, 2.45) is 11.8 Å². The molecule has 4 nitrogen and oxygen atoms in total. The van der Waals surface area contributed by atoms with E-state index in [9.17, 15) is 9.59 Å². The third-order valence-corrected chi connectivity index (χ3v) is 4.88. The van der Waals surface area contributed by atoms with Crippen molar-refractivity contribution in [2.75, 3.05) is 13.7 Å². The lowest BCUT2D eigenvalue weighted by Gasteiger charge is -2.13. The van der Waals surface area contributed by atoms with Gasteiger partial charge in [-0.05, 0) is 35.8 Å². The molecule has 3 rings (SSSR count). The highest BCUT2D eigenvalue weighted by Crippen LogP contribution is 2.59. The summed E-state index contributed by atoms with van der Waals surface area (Å²) in [6.45, 7) is 0.116. The summed E-state index contributed by atoms with van der Waals surface area (Å²) >= 11 is 5.85. The quantitative estimate of drug-likeness (QED) is 0.682. The Bertz CT molecular complexity index is 574. The smallest absolute Gasteiger partial charge is 0.325 e. The Hall–Kier alpha value is -1.55. The third-order valence-electron chi connectivity index (χ3n) is 4.54. The van der Waals surface area contributed by atoms with Gasteiger partial charge >= 0.3 is 5.97 Å². The van der Waals surface area contributed by atoms with Crippen molar-refractivity contribution in [1.29, 1.82) is 0 Å². The Morgan fingerprint density at radius 2 is 2.19 bits per heavy atom. The fraction of sp³-hybridized carbons (Fsp3) is 0.500. The largest absolute Gasteiger partial charge is 0.468 e. The molecule has 4 unspecified atom stereocenters. The number of esters is 1. The molecule has 0 saturated heterocycles. The highest BCUT2D eigenvalue weighted by Gasteiger charge is 2.56. The number of fused-ring (bicyclic) bond motifs is 3. The summed E-state index contributed by atoms with van der Waals surface area (Å²) in [5.74, 6) is 0.274. The zero-order chi connectivity index (χ0) is 15.0. The minimum atomic E-state index is -0.827. The van der Waals surface area contributed by atoms with Crippen LogP contribution in [0.5, 0.6) is 0 Å². The van der Waals surface area contributed by atoms with Gasteiger partial charge in [-0.15, -0.1) is 11.6 Å². The molecule has 0 aromatic heterocycles. The monoisotopic (exact) mass is 307 g/mol. The summed E-state index contributed by atoms with van der Waals surface area (Å²) in [5.41, 5.74) is 2.67. The van der Waals surface area contributed by atoms with Crippen LogP contribution < -0.4 is 5.32 Å². The van der Waals surface area contributed by atoms with E-state index in [1.807, 2.05) is 12.1 Å². The molecular weight excluding hydrogens is 290 g/mol. The molecule has 0 bridgehead atoms. The normalized spacial score (nSPS) is 27.0. The second kappa shape index (κ2) is 5.68. The number of halogens is 1. The van der Waals surface area contributed by atoms with Crippen LogP contribution in [0.25, 0.3) is 0 Å². The van der Waals surface area contributed by atoms with Crippen molar-refractivity contribution in [3.8, 4) is 0 Å². The van der Waals surface area contributed by atoms with Gasteiger partial charge in [-0.3, -0.25) is 9.59 Å². The maximum absolute atomic E-state index is 12.3. The second-order valence-electron chi connectivity index (χ2n) is 5.69. The van der Waals surface area contributed by atoms with Gasteiger partial charge in [0.2, 0.25) is 5.91 Å². The summed E-state index contributed by atoms with van der Waals surface area (Å²) in [5, 5.41) is 1.95. The number of nitrogens with one attached hydrogen (secondary N) is 1. The number of benzene rings is 1. The third kappa shape index (κ3) is 2.64. The van der Waals surface area contributed by atoms with E-state index in [1.165, 1.54) is 18.2 Å². The van der Waals surface area contributed by atoms with E-state index in [1.54, 1.807) is 0 Å². The molecule has 1 aromatic carbocycles. The number of carbonyl (C=O) groups is 2. The first-order chi connectivity index (χ1) is 10.1. The molecule has 0 heterocycles. The van der Waals surface area contributed by atoms with Gasteiger partial charge in [-0.25, -0.2) is 0 Å². The SMILES string of the molecule is COC(=O)C(Cl)CNC(=O)C1C2CCc3ccccc3C21. The molecule has 0 radical (unpaired) electrons. The minimum Gasteiger partial charge on any atom is -0.468 e. The van der Waals surface area contributed by atoms with Crippen molar-refractivity contribution in [1.82, 2.24) is 5.32 Å². The lowest BCUT2D eigenvalue weighted by molar-refractivity contribution is -0.140. The van der Waals surface area contributed by atoms with Crippen molar-refractivity contribution >= 4 is 23.5 Å². The maximum atomic E-state index is 12.3. The molecule has 1 N–H and O–H groups in total. The van der Waals surface area contributed by atoms with Crippen LogP contribution in [0.1, 0.15) is 23.5 Å². The highest BCUT2D eigenvalue weighted by molar-refractivity contribution is 6.30. The van der Waals surface area contributed by atoms with Crippen molar-refractivity contribution in [3.63, 3.8) is 0 Å². The van der Waals surface area contributed by atoms with Gasteiger partial charge in [0.25, 0.3) is 0 Å². The van der Waals surface area contributed by atoms with Crippen LogP contribution in [-0.2, 0) is 20.7 Å². The lowest BCUT2D eigenvalue weighted by atomic mass is 9.92. The molecule has 0 aliphatic heterocycles. The van der Waals surface area contributed by atoms with Crippen LogP contribution in [0, 0.1) is 11.8 Å². The van der Waals surface area contributed by atoms with E-state index >= 15 is 0 Å². The summed E-state index contributed by atoms with van der Waals surface area (Å²) in [6.07, 6.45) is 2.10. The Kier molecular flexibility index (Phi) is 3.89.